The molecule has 0 fully saturated rings. The second-order valence-electron chi connectivity index (χ2n) is 13.5. The van der Waals surface area contributed by atoms with E-state index in [1.807, 2.05) is 13.8 Å². The highest BCUT2D eigenvalue weighted by molar-refractivity contribution is 5.98. The van der Waals surface area contributed by atoms with Gasteiger partial charge in [0.05, 0.1) is 18.6 Å². The summed E-state index contributed by atoms with van der Waals surface area (Å²) in [7, 11) is 0. The molecular formula is C34H54N8O10. The van der Waals surface area contributed by atoms with Crippen LogP contribution in [-0.4, -0.2) is 99.9 Å². The number of carbonyl (C=O) groups is 8. The van der Waals surface area contributed by atoms with Crippen LogP contribution in [0.4, 0.5) is 0 Å². The molecule has 0 radical (unpaired) electrons. The van der Waals surface area contributed by atoms with Crippen molar-refractivity contribution in [2.75, 3.05) is 0 Å². The van der Waals surface area contributed by atoms with Crippen molar-refractivity contribution < 1.29 is 48.6 Å². The highest BCUT2D eigenvalue weighted by Gasteiger charge is 2.35. The van der Waals surface area contributed by atoms with Crippen LogP contribution in [0.2, 0.25) is 0 Å². The van der Waals surface area contributed by atoms with E-state index < -0.39 is 96.1 Å². The fourth-order valence-electron chi connectivity index (χ4n) is 5.08. The van der Waals surface area contributed by atoms with Gasteiger partial charge in [-0.25, -0.2) is 4.79 Å². The summed E-state index contributed by atoms with van der Waals surface area (Å²) in [6, 6.07) is -0.169. The van der Waals surface area contributed by atoms with Crippen LogP contribution in [0.15, 0.2) is 30.3 Å². The number of carboxylic acids is 1. The lowest BCUT2D eigenvalue weighted by Crippen LogP contribution is -2.61. The van der Waals surface area contributed by atoms with E-state index in [4.69, 9.17) is 17.2 Å². The van der Waals surface area contributed by atoms with Gasteiger partial charge in [-0.15, -0.1) is 0 Å². The summed E-state index contributed by atoms with van der Waals surface area (Å²) < 4.78 is 0. The molecule has 0 saturated carbocycles. The summed E-state index contributed by atoms with van der Waals surface area (Å²) in [6.45, 7) is 8.38. The van der Waals surface area contributed by atoms with Crippen LogP contribution in [0.5, 0.6) is 0 Å². The van der Waals surface area contributed by atoms with Crippen molar-refractivity contribution in [2.24, 2.45) is 29.0 Å². The molecule has 0 aliphatic rings. The molecule has 0 aliphatic heterocycles. The Labute approximate surface area is 302 Å². The Bertz CT molecular complexity index is 1410. The molecule has 18 heteroatoms. The van der Waals surface area contributed by atoms with Crippen LogP contribution in [0.25, 0.3) is 0 Å². The number of benzene rings is 1. The zero-order chi connectivity index (χ0) is 39.7. The summed E-state index contributed by atoms with van der Waals surface area (Å²) in [6.07, 6.45) is -2.66. The number of aliphatic hydroxyl groups excluding tert-OH is 1. The quantitative estimate of drug-likeness (QED) is 0.0569. The van der Waals surface area contributed by atoms with Gasteiger partial charge in [0, 0.05) is 12.8 Å². The van der Waals surface area contributed by atoms with E-state index in [0.29, 0.717) is 5.56 Å². The lowest BCUT2D eigenvalue weighted by atomic mass is 10.0. The van der Waals surface area contributed by atoms with Gasteiger partial charge < -0.3 is 54.0 Å². The van der Waals surface area contributed by atoms with Crippen LogP contribution in [0, 0.1) is 11.8 Å². The molecule has 1 aromatic rings. The van der Waals surface area contributed by atoms with Gasteiger partial charge in [-0.3, -0.25) is 33.6 Å². The van der Waals surface area contributed by atoms with E-state index in [-0.39, 0.29) is 43.9 Å². The molecule has 18 nitrogen and oxygen atoms in total. The maximum atomic E-state index is 13.7. The minimum absolute atomic E-state index is 0.0418. The lowest BCUT2D eigenvalue weighted by molar-refractivity contribution is -0.143. The van der Waals surface area contributed by atoms with Crippen molar-refractivity contribution in [3.05, 3.63) is 35.9 Å². The van der Waals surface area contributed by atoms with Gasteiger partial charge in [-0.1, -0.05) is 58.0 Å². The van der Waals surface area contributed by atoms with Crippen molar-refractivity contribution in [3.63, 3.8) is 0 Å². The Kier molecular flexibility index (Phi) is 19.0. The van der Waals surface area contributed by atoms with Gasteiger partial charge in [-0.05, 0) is 43.6 Å². The summed E-state index contributed by atoms with van der Waals surface area (Å²) in [4.78, 5) is 102. The molecule has 0 aliphatic carbocycles. The molecule has 0 unspecified atom stereocenters. The number of hydrogen-bond acceptors (Lipinski definition) is 10. The maximum Gasteiger partial charge on any atom is 0.326 e. The van der Waals surface area contributed by atoms with Crippen LogP contribution < -0.4 is 43.8 Å². The lowest BCUT2D eigenvalue weighted by Gasteiger charge is -2.28. The maximum absolute atomic E-state index is 13.7. The molecule has 7 atom stereocenters. The third kappa shape index (κ3) is 16.7. The third-order valence-corrected chi connectivity index (χ3v) is 7.71. The molecule has 290 valence electrons. The fraction of sp³-hybridized carbons (Fsp3) is 0.588. The number of rotatable bonds is 23. The van der Waals surface area contributed by atoms with Crippen molar-refractivity contribution in [1.82, 2.24) is 26.6 Å². The van der Waals surface area contributed by atoms with E-state index in [1.165, 1.54) is 6.92 Å². The molecule has 0 spiro atoms. The van der Waals surface area contributed by atoms with Crippen molar-refractivity contribution in [3.8, 4) is 0 Å². The number of primary amides is 2. The van der Waals surface area contributed by atoms with Gasteiger partial charge in [-0.2, -0.15) is 0 Å². The molecule has 0 saturated heterocycles. The van der Waals surface area contributed by atoms with Gasteiger partial charge in [0.15, 0.2) is 0 Å². The average molecular weight is 735 g/mol. The summed E-state index contributed by atoms with van der Waals surface area (Å²) >= 11 is 0. The minimum Gasteiger partial charge on any atom is -0.480 e. The predicted octanol–water partition coefficient (Wildman–Crippen LogP) is -2.32. The number of carbonyl (C=O) groups excluding carboxylic acids is 7. The standard InChI is InChI=1S/C34H54N8O10/c1-17(2)13-21(35)29(46)38-22(11-12-26(36)44)30(47)40-24(16-27(37)45)31(48)39-23(15-20-9-7-6-8-10-20)32(49)42-28(19(5)43)33(50)41-25(34(51)52)14-18(3)4/h6-10,17-19,21-25,28,43H,11-16,35H2,1-5H3,(H2,36,44)(H2,37,45)(H,38,46)(H,39,48)(H,40,47)(H,41,50)(H,42,49)(H,51,52)/t19-,21+,22+,23+,24+,25+,28+/m1/s1. The molecule has 0 bridgehead atoms. The molecular weight excluding hydrogens is 680 g/mol. The SMILES string of the molecule is CC(C)C[C@H](NC(=O)[C@@H](NC(=O)[C@H](Cc1ccccc1)NC(=O)[C@H](CC(N)=O)NC(=O)[C@H](CCC(N)=O)NC(=O)[C@@H](N)CC(C)C)[C@@H](C)O)C(=O)O. The Morgan fingerprint density at radius 3 is 1.63 bits per heavy atom. The molecule has 0 heterocycles. The average Bonchev–Trinajstić information content (AvgIpc) is 3.03. The first-order valence-corrected chi connectivity index (χ1v) is 17.0. The zero-order valence-corrected chi connectivity index (χ0v) is 30.2. The second-order valence-corrected chi connectivity index (χ2v) is 13.5. The zero-order valence-electron chi connectivity index (χ0n) is 30.2. The van der Waals surface area contributed by atoms with Crippen molar-refractivity contribution >= 4 is 47.3 Å². The summed E-state index contributed by atoms with van der Waals surface area (Å²) in [5.74, 6) is -7.87. The van der Waals surface area contributed by atoms with Gasteiger partial charge in [0.1, 0.15) is 30.2 Å². The highest BCUT2D eigenvalue weighted by atomic mass is 16.4. The molecule has 1 rings (SSSR count). The normalized spacial score (nSPS) is 15.2. The van der Waals surface area contributed by atoms with E-state index in [0.717, 1.165) is 0 Å². The minimum atomic E-state index is -1.68. The first-order valence-electron chi connectivity index (χ1n) is 17.0. The fourth-order valence-corrected chi connectivity index (χ4v) is 5.08. The van der Waals surface area contributed by atoms with E-state index in [1.54, 1.807) is 44.2 Å². The first-order chi connectivity index (χ1) is 24.2. The van der Waals surface area contributed by atoms with Crippen LogP contribution in [-0.2, 0) is 44.8 Å². The number of aliphatic carboxylic acids is 1. The van der Waals surface area contributed by atoms with Crippen LogP contribution in [0.3, 0.4) is 0 Å². The number of hydrogen-bond donors (Lipinski definition) is 10. The van der Waals surface area contributed by atoms with Crippen LogP contribution in [0.1, 0.15) is 72.3 Å². The Morgan fingerprint density at radius 1 is 0.635 bits per heavy atom. The smallest absolute Gasteiger partial charge is 0.326 e. The summed E-state index contributed by atoms with van der Waals surface area (Å²) in [5, 5.41) is 31.9. The Balaban J connectivity index is 3.37. The van der Waals surface area contributed by atoms with Crippen molar-refractivity contribution in [1.29, 1.82) is 0 Å². The van der Waals surface area contributed by atoms with Gasteiger partial charge >= 0.3 is 5.97 Å². The topological polar surface area (TPSA) is 315 Å². The van der Waals surface area contributed by atoms with Crippen molar-refractivity contribution in [2.45, 2.75) is 115 Å². The van der Waals surface area contributed by atoms with Crippen LogP contribution >= 0.6 is 0 Å². The third-order valence-electron chi connectivity index (χ3n) is 7.71. The largest absolute Gasteiger partial charge is 0.480 e. The molecule has 52 heavy (non-hydrogen) atoms. The number of amides is 7. The van der Waals surface area contributed by atoms with E-state index in [9.17, 15) is 48.6 Å². The second kappa shape index (κ2) is 22.0. The number of carboxylic acid groups (broad SMARTS) is 1. The number of nitrogens with one attached hydrogen (secondary N) is 5. The van der Waals surface area contributed by atoms with E-state index in [2.05, 4.69) is 26.6 Å². The Morgan fingerprint density at radius 2 is 1.13 bits per heavy atom. The molecule has 0 aromatic heterocycles. The summed E-state index contributed by atoms with van der Waals surface area (Å²) in [5.41, 5.74) is 17.1. The highest BCUT2D eigenvalue weighted by Crippen LogP contribution is 2.10. The molecule has 13 N–H and O–H groups in total. The number of aliphatic hydroxyl groups is 1. The molecule has 7 amide bonds. The first kappa shape index (κ1) is 44.9. The monoisotopic (exact) mass is 734 g/mol. The predicted molar refractivity (Wildman–Crippen MR) is 188 cm³/mol. The van der Waals surface area contributed by atoms with Gasteiger partial charge in [0.2, 0.25) is 41.4 Å². The Hall–Kier alpha value is -5.10. The van der Waals surface area contributed by atoms with E-state index >= 15 is 0 Å². The molecule has 1 aromatic carbocycles. The number of nitrogens with two attached hydrogens (primary N) is 3. The van der Waals surface area contributed by atoms with Gasteiger partial charge in [0.25, 0.3) is 0 Å².